The molecule has 0 radical (unpaired) electrons. The van der Waals surface area contributed by atoms with Gasteiger partial charge in [-0.25, -0.2) is 4.79 Å². The van der Waals surface area contributed by atoms with Gasteiger partial charge >= 0.3 is 12.0 Å². The van der Waals surface area contributed by atoms with E-state index in [2.05, 4.69) is 10.6 Å². The summed E-state index contributed by atoms with van der Waals surface area (Å²) in [4.78, 5) is 49.2. The summed E-state index contributed by atoms with van der Waals surface area (Å²) < 4.78 is 5.01. The zero-order valence-electron chi connectivity index (χ0n) is 15.0. The Bertz CT molecular complexity index is 801. The summed E-state index contributed by atoms with van der Waals surface area (Å²) in [5.74, 6) is -2.04. The first-order valence-electron chi connectivity index (χ1n) is 8.17. The van der Waals surface area contributed by atoms with E-state index >= 15 is 0 Å². The third-order valence-electron chi connectivity index (χ3n) is 4.20. The van der Waals surface area contributed by atoms with Crippen LogP contribution in [-0.2, 0) is 19.1 Å². The second-order valence-electron chi connectivity index (χ2n) is 6.25. The molecule has 2 atom stereocenters. The van der Waals surface area contributed by atoms with Crippen LogP contribution in [0, 0.1) is 0 Å². The molecule has 0 unspecified atom stereocenters. The Morgan fingerprint density at radius 3 is 2.59 bits per heavy atom. The number of carbonyl (C=O) groups is 4. The zero-order valence-corrected chi connectivity index (χ0v) is 16.5. The molecule has 0 saturated carbocycles. The lowest BCUT2D eigenvalue weighted by Crippen LogP contribution is -2.44. The van der Waals surface area contributed by atoms with Gasteiger partial charge in [-0.3, -0.25) is 19.3 Å². The van der Waals surface area contributed by atoms with Crippen LogP contribution in [0.25, 0.3) is 0 Å². The maximum Gasteiger partial charge on any atom is 0.327 e. The van der Waals surface area contributed by atoms with Gasteiger partial charge in [-0.05, 0) is 38.5 Å². The Morgan fingerprint density at radius 1 is 1.33 bits per heavy atom. The van der Waals surface area contributed by atoms with Crippen LogP contribution in [0.4, 0.5) is 10.5 Å². The topological polar surface area (TPSA) is 105 Å². The number of amides is 4. The molecule has 0 aliphatic carbocycles. The van der Waals surface area contributed by atoms with Crippen molar-refractivity contribution in [3.05, 3.63) is 28.2 Å². The molecule has 8 nitrogen and oxygen atoms in total. The largest absolute Gasteiger partial charge is 0.451 e. The molecule has 4 amide bonds. The second-order valence-corrected chi connectivity index (χ2v) is 7.10. The predicted octanol–water partition coefficient (Wildman–Crippen LogP) is 2.58. The zero-order chi connectivity index (χ0) is 20.4. The Labute approximate surface area is 166 Å². The maximum absolute atomic E-state index is 12.3. The normalized spacial score (nSPS) is 20.3. The molecule has 1 aromatic carbocycles. The summed E-state index contributed by atoms with van der Waals surface area (Å²) in [5, 5.41) is 5.67. The number of nitrogens with zero attached hydrogens (tertiary/aromatic N) is 1. The Kier molecular flexibility index (Phi) is 6.33. The van der Waals surface area contributed by atoms with E-state index in [0.29, 0.717) is 11.4 Å². The molecule has 1 fully saturated rings. The standard InChI is InChI=1S/C17H19Cl2N3O5/c1-4-17(3)15(25)22(16(26)21-17)8-13(23)27-9(2)14(24)20-12-7-10(18)5-6-11(12)19/h5-7,9H,4,8H2,1-3H3,(H,20,24)(H,21,26)/t9-,17+/m1/s1. The summed E-state index contributed by atoms with van der Waals surface area (Å²) in [7, 11) is 0. The summed E-state index contributed by atoms with van der Waals surface area (Å²) >= 11 is 11.8. The monoisotopic (exact) mass is 415 g/mol. The van der Waals surface area contributed by atoms with Crippen LogP contribution in [0.5, 0.6) is 0 Å². The molecule has 0 bridgehead atoms. The van der Waals surface area contributed by atoms with E-state index in [0.717, 1.165) is 4.90 Å². The molecule has 1 heterocycles. The minimum Gasteiger partial charge on any atom is -0.451 e. The molecule has 2 N–H and O–H groups in total. The molecule has 1 aromatic rings. The fourth-order valence-electron chi connectivity index (χ4n) is 2.37. The fraction of sp³-hybridized carbons (Fsp3) is 0.412. The van der Waals surface area contributed by atoms with Crippen LogP contribution in [0.2, 0.25) is 10.0 Å². The van der Waals surface area contributed by atoms with Crippen LogP contribution in [0.1, 0.15) is 27.2 Å². The molecule has 1 aliphatic rings. The number of carbonyl (C=O) groups excluding carboxylic acids is 4. The second kappa shape index (κ2) is 8.14. The first kappa shape index (κ1) is 21.0. The molecule has 0 spiro atoms. The van der Waals surface area contributed by atoms with Crippen LogP contribution in [0.15, 0.2) is 18.2 Å². The molecule has 10 heteroatoms. The lowest BCUT2D eigenvalue weighted by Gasteiger charge is -2.19. The first-order valence-corrected chi connectivity index (χ1v) is 8.92. The number of rotatable bonds is 6. The highest BCUT2D eigenvalue weighted by molar-refractivity contribution is 6.35. The first-order chi connectivity index (χ1) is 12.6. The number of halogens is 2. The van der Waals surface area contributed by atoms with Gasteiger partial charge in [0.05, 0.1) is 10.7 Å². The van der Waals surface area contributed by atoms with Crippen molar-refractivity contribution in [1.29, 1.82) is 0 Å². The molecule has 1 saturated heterocycles. The van der Waals surface area contributed by atoms with Gasteiger partial charge in [0.1, 0.15) is 12.1 Å². The third-order valence-corrected chi connectivity index (χ3v) is 4.77. The van der Waals surface area contributed by atoms with Crippen molar-refractivity contribution in [3.8, 4) is 0 Å². The van der Waals surface area contributed by atoms with Gasteiger partial charge in [-0.15, -0.1) is 0 Å². The van der Waals surface area contributed by atoms with Crippen molar-refractivity contribution >= 4 is 52.7 Å². The lowest BCUT2D eigenvalue weighted by molar-refractivity contribution is -0.155. The highest BCUT2D eigenvalue weighted by atomic mass is 35.5. The van der Waals surface area contributed by atoms with E-state index in [1.165, 1.54) is 19.1 Å². The van der Waals surface area contributed by atoms with Gasteiger partial charge in [-0.2, -0.15) is 0 Å². The van der Waals surface area contributed by atoms with Gasteiger partial charge in [-0.1, -0.05) is 30.1 Å². The number of nitrogens with one attached hydrogen (secondary N) is 2. The van der Waals surface area contributed by atoms with E-state index in [1.807, 2.05) is 0 Å². The minimum absolute atomic E-state index is 0.268. The molecular weight excluding hydrogens is 397 g/mol. The summed E-state index contributed by atoms with van der Waals surface area (Å²) in [6, 6.07) is 3.85. The third kappa shape index (κ3) is 4.70. The maximum atomic E-state index is 12.3. The Hall–Kier alpha value is -2.32. The fourth-order valence-corrected chi connectivity index (χ4v) is 2.71. The smallest absolute Gasteiger partial charge is 0.327 e. The van der Waals surface area contributed by atoms with E-state index < -0.39 is 42.0 Å². The van der Waals surface area contributed by atoms with Crippen LogP contribution in [-0.4, -0.2) is 46.9 Å². The van der Waals surface area contributed by atoms with Crippen molar-refractivity contribution in [1.82, 2.24) is 10.2 Å². The lowest BCUT2D eigenvalue weighted by atomic mass is 9.99. The average Bonchev–Trinajstić information content (AvgIpc) is 2.81. The number of esters is 1. The van der Waals surface area contributed by atoms with Crippen LogP contribution in [0.3, 0.4) is 0 Å². The van der Waals surface area contributed by atoms with Crippen molar-refractivity contribution in [2.75, 3.05) is 11.9 Å². The molecule has 1 aliphatic heterocycles. The van der Waals surface area contributed by atoms with Crippen molar-refractivity contribution in [3.63, 3.8) is 0 Å². The van der Waals surface area contributed by atoms with Gasteiger partial charge in [0, 0.05) is 5.02 Å². The molecule has 27 heavy (non-hydrogen) atoms. The summed E-state index contributed by atoms with van der Waals surface area (Å²) in [6.45, 7) is 4.08. The van der Waals surface area contributed by atoms with Crippen molar-refractivity contribution < 1.29 is 23.9 Å². The number of benzene rings is 1. The van der Waals surface area contributed by atoms with E-state index in [1.54, 1.807) is 19.9 Å². The SMILES string of the molecule is CC[C@]1(C)NC(=O)N(CC(=O)O[C@H](C)C(=O)Nc2cc(Cl)ccc2Cl)C1=O. The highest BCUT2D eigenvalue weighted by Gasteiger charge is 2.47. The van der Waals surface area contributed by atoms with Gasteiger partial charge in [0.2, 0.25) is 0 Å². The molecule has 0 aromatic heterocycles. The average molecular weight is 416 g/mol. The summed E-state index contributed by atoms with van der Waals surface area (Å²) in [5.41, 5.74) is -0.783. The highest BCUT2D eigenvalue weighted by Crippen LogP contribution is 2.25. The van der Waals surface area contributed by atoms with Crippen LogP contribution >= 0.6 is 23.2 Å². The molecular formula is C17H19Cl2N3O5. The quantitative estimate of drug-likeness (QED) is 0.548. The van der Waals surface area contributed by atoms with Gasteiger partial charge in [0.15, 0.2) is 6.10 Å². The molecule has 2 rings (SSSR count). The van der Waals surface area contributed by atoms with Gasteiger partial charge < -0.3 is 15.4 Å². The number of anilines is 1. The van der Waals surface area contributed by atoms with Crippen molar-refractivity contribution in [2.24, 2.45) is 0 Å². The van der Waals surface area contributed by atoms with Crippen LogP contribution < -0.4 is 10.6 Å². The number of hydrogen-bond donors (Lipinski definition) is 2. The Balaban J connectivity index is 1.95. The van der Waals surface area contributed by atoms with Gasteiger partial charge in [0.25, 0.3) is 11.8 Å². The Morgan fingerprint density at radius 2 is 2.00 bits per heavy atom. The van der Waals surface area contributed by atoms with Crippen molar-refractivity contribution in [2.45, 2.75) is 38.8 Å². The predicted molar refractivity (Wildman–Crippen MR) is 99.6 cm³/mol. The number of ether oxygens (including phenoxy) is 1. The number of imide groups is 1. The molecule has 146 valence electrons. The minimum atomic E-state index is -1.18. The van der Waals surface area contributed by atoms with E-state index in [4.69, 9.17) is 27.9 Å². The summed E-state index contributed by atoms with van der Waals surface area (Å²) in [6.07, 6.45) is -0.798. The number of urea groups is 1. The van der Waals surface area contributed by atoms with E-state index in [-0.39, 0.29) is 10.7 Å². The number of hydrogen-bond acceptors (Lipinski definition) is 5. The van der Waals surface area contributed by atoms with E-state index in [9.17, 15) is 19.2 Å².